The van der Waals surface area contributed by atoms with E-state index in [1.54, 1.807) is 24.3 Å². The predicted molar refractivity (Wildman–Crippen MR) is 66.8 cm³/mol. The molecule has 0 radical (unpaired) electrons. The van der Waals surface area contributed by atoms with Gasteiger partial charge in [-0.3, -0.25) is 4.79 Å². The highest BCUT2D eigenvalue weighted by atomic mass is 16.5. The normalized spacial score (nSPS) is 19.9. The summed E-state index contributed by atoms with van der Waals surface area (Å²) in [6, 6.07) is 6.91. The summed E-state index contributed by atoms with van der Waals surface area (Å²) in [7, 11) is 0. The van der Waals surface area contributed by atoms with E-state index in [1.165, 1.54) is 6.42 Å². The molecule has 1 heterocycles. The minimum atomic E-state index is -0.0702. The molecular weight excluding hydrogens is 216 g/mol. The molecule has 3 N–H and O–H groups in total. The average molecular weight is 234 g/mol. The van der Waals surface area contributed by atoms with Gasteiger partial charge in [-0.05, 0) is 43.5 Å². The van der Waals surface area contributed by atoms with Gasteiger partial charge in [0.1, 0.15) is 0 Å². The first kappa shape index (κ1) is 11.9. The summed E-state index contributed by atoms with van der Waals surface area (Å²) >= 11 is 0. The lowest BCUT2D eigenvalue weighted by Gasteiger charge is -2.22. The number of nitrogens with one attached hydrogen (secondary N) is 1. The topological polar surface area (TPSA) is 64.4 Å². The maximum atomic E-state index is 11.8. The molecule has 0 aromatic heterocycles. The molecule has 4 nitrogen and oxygen atoms in total. The van der Waals surface area contributed by atoms with Crippen LogP contribution >= 0.6 is 0 Å². The lowest BCUT2D eigenvalue weighted by Crippen LogP contribution is -2.35. The van der Waals surface area contributed by atoms with Gasteiger partial charge in [-0.25, -0.2) is 0 Å². The Morgan fingerprint density at radius 1 is 1.35 bits per heavy atom. The van der Waals surface area contributed by atoms with Crippen LogP contribution in [0.25, 0.3) is 0 Å². The second-order valence-corrected chi connectivity index (χ2v) is 4.32. The SMILES string of the molecule is Nc1ccc(C(=O)NCC2CCCCO2)cc1. The first-order valence-corrected chi connectivity index (χ1v) is 6.01. The largest absolute Gasteiger partial charge is 0.399 e. The third kappa shape index (κ3) is 3.46. The number of rotatable bonds is 3. The van der Waals surface area contributed by atoms with Crippen LogP contribution in [-0.2, 0) is 4.74 Å². The van der Waals surface area contributed by atoms with Gasteiger partial charge in [0.2, 0.25) is 0 Å². The van der Waals surface area contributed by atoms with Crippen molar-refractivity contribution >= 4 is 11.6 Å². The molecule has 4 heteroatoms. The molecule has 1 amide bonds. The van der Waals surface area contributed by atoms with Gasteiger partial charge in [-0.1, -0.05) is 0 Å². The molecule has 0 saturated carbocycles. The highest BCUT2D eigenvalue weighted by Crippen LogP contribution is 2.12. The summed E-state index contributed by atoms with van der Waals surface area (Å²) in [6.07, 6.45) is 3.51. The van der Waals surface area contributed by atoms with E-state index in [9.17, 15) is 4.79 Å². The number of nitrogen functional groups attached to an aromatic ring is 1. The molecule has 92 valence electrons. The van der Waals surface area contributed by atoms with Gasteiger partial charge in [0.05, 0.1) is 6.10 Å². The Morgan fingerprint density at radius 2 is 2.12 bits per heavy atom. The zero-order chi connectivity index (χ0) is 12.1. The number of hydrogen-bond acceptors (Lipinski definition) is 3. The van der Waals surface area contributed by atoms with Crippen LogP contribution in [0, 0.1) is 0 Å². The number of carbonyl (C=O) groups excluding carboxylic acids is 1. The highest BCUT2D eigenvalue weighted by molar-refractivity contribution is 5.94. The lowest BCUT2D eigenvalue weighted by atomic mass is 10.1. The summed E-state index contributed by atoms with van der Waals surface area (Å²) in [5.74, 6) is -0.0702. The molecule has 1 aromatic rings. The van der Waals surface area contributed by atoms with Crippen molar-refractivity contribution in [2.75, 3.05) is 18.9 Å². The number of hydrogen-bond donors (Lipinski definition) is 2. The van der Waals surface area contributed by atoms with Crippen molar-refractivity contribution in [2.24, 2.45) is 0 Å². The zero-order valence-corrected chi connectivity index (χ0v) is 9.82. The Balaban J connectivity index is 1.82. The summed E-state index contributed by atoms with van der Waals surface area (Å²) < 4.78 is 5.55. The Labute approximate surface area is 101 Å². The molecule has 1 fully saturated rings. The smallest absolute Gasteiger partial charge is 0.251 e. The van der Waals surface area contributed by atoms with E-state index in [0.717, 1.165) is 19.4 Å². The van der Waals surface area contributed by atoms with Crippen LogP contribution in [0.5, 0.6) is 0 Å². The van der Waals surface area contributed by atoms with E-state index in [2.05, 4.69) is 5.32 Å². The third-order valence-corrected chi connectivity index (χ3v) is 2.94. The summed E-state index contributed by atoms with van der Waals surface area (Å²) in [5, 5.41) is 2.88. The molecule has 1 aromatic carbocycles. The van der Waals surface area contributed by atoms with Crippen LogP contribution in [0.1, 0.15) is 29.6 Å². The van der Waals surface area contributed by atoms with Crippen molar-refractivity contribution in [1.29, 1.82) is 0 Å². The average Bonchev–Trinajstić information content (AvgIpc) is 2.38. The van der Waals surface area contributed by atoms with Gasteiger partial charge in [0, 0.05) is 24.4 Å². The van der Waals surface area contributed by atoms with Crippen LogP contribution in [0.3, 0.4) is 0 Å². The van der Waals surface area contributed by atoms with Crippen molar-refractivity contribution < 1.29 is 9.53 Å². The molecule has 0 aliphatic carbocycles. The number of anilines is 1. The number of ether oxygens (including phenoxy) is 1. The standard InChI is InChI=1S/C13H18N2O2/c14-11-6-4-10(5-7-11)13(16)15-9-12-3-1-2-8-17-12/h4-7,12H,1-3,8-9,14H2,(H,15,16). The van der Waals surface area contributed by atoms with Crippen molar-refractivity contribution in [1.82, 2.24) is 5.32 Å². The van der Waals surface area contributed by atoms with Crippen molar-refractivity contribution in [3.05, 3.63) is 29.8 Å². The first-order chi connectivity index (χ1) is 8.25. The zero-order valence-electron chi connectivity index (χ0n) is 9.82. The minimum Gasteiger partial charge on any atom is -0.399 e. The van der Waals surface area contributed by atoms with Gasteiger partial charge in [0.25, 0.3) is 5.91 Å². The van der Waals surface area contributed by atoms with Gasteiger partial charge >= 0.3 is 0 Å². The molecule has 2 rings (SSSR count). The third-order valence-electron chi connectivity index (χ3n) is 2.94. The van der Waals surface area contributed by atoms with E-state index in [4.69, 9.17) is 10.5 Å². The van der Waals surface area contributed by atoms with Gasteiger partial charge in [-0.2, -0.15) is 0 Å². The molecule has 17 heavy (non-hydrogen) atoms. The van der Waals surface area contributed by atoms with Gasteiger partial charge in [-0.15, -0.1) is 0 Å². The van der Waals surface area contributed by atoms with E-state index in [0.29, 0.717) is 17.8 Å². The molecule has 1 aliphatic heterocycles. The second kappa shape index (κ2) is 5.68. The van der Waals surface area contributed by atoms with Crippen LogP contribution in [0.4, 0.5) is 5.69 Å². The molecule has 1 unspecified atom stereocenters. The number of amides is 1. The molecule has 0 spiro atoms. The van der Waals surface area contributed by atoms with Crippen LogP contribution < -0.4 is 11.1 Å². The highest BCUT2D eigenvalue weighted by Gasteiger charge is 2.15. The maximum absolute atomic E-state index is 11.8. The fourth-order valence-electron chi connectivity index (χ4n) is 1.91. The van der Waals surface area contributed by atoms with Crippen molar-refractivity contribution in [2.45, 2.75) is 25.4 Å². The molecule has 1 saturated heterocycles. The first-order valence-electron chi connectivity index (χ1n) is 6.01. The Kier molecular flexibility index (Phi) is 3.98. The minimum absolute atomic E-state index is 0.0702. The van der Waals surface area contributed by atoms with Crippen LogP contribution in [0.15, 0.2) is 24.3 Å². The van der Waals surface area contributed by atoms with Crippen LogP contribution in [0.2, 0.25) is 0 Å². The summed E-state index contributed by atoms with van der Waals surface area (Å²) in [4.78, 5) is 11.8. The van der Waals surface area contributed by atoms with Crippen LogP contribution in [-0.4, -0.2) is 25.2 Å². The monoisotopic (exact) mass is 234 g/mol. The fourth-order valence-corrected chi connectivity index (χ4v) is 1.91. The molecule has 1 atom stereocenters. The predicted octanol–water partition coefficient (Wildman–Crippen LogP) is 1.57. The Morgan fingerprint density at radius 3 is 2.76 bits per heavy atom. The quantitative estimate of drug-likeness (QED) is 0.780. The molecule has 1 aliphatic rings. The van der Waals surface area contributed by atoms with E-state index in [-0.39, 0.29) is 12.0 Å². The van der Waals surface area contributed by atoms with Gasteiger partial charge in [0.15, 0.2) is 0 Å². The van der Waals surface area contributed by atoms with Gasteiger partial charge < -0.3 is 15.8 Å². The lowest BCUT2D eigenvalue weighted by molar-refractivity contribution is 0.0169. The Hall–Kier alpha value is -1.55. The maximum Gasteiger partial charge on any atom is 0.251 e. The fraction of sp³-hybridized carbons (Fsp3) is 0.462. The van der Waals surface area contributed by atoms with E-state index in [1.807, 2.05) is 0 Å². The number of benzene rings is 1. The number of nitrogens with two attached hydrogens (primary N) is 1. The summed E-state index contributed by atoms with van der Waals surface area (Å²) in [6.45, 7) is 1.39. The van der Waals surface area contributed by atoms with Crippen molar-refractivity contribution in [3.8, 4) is 0 Å². The second-order valence-electron chi connectivity index (χ2n) is 4.32. The molecular formula is C13H18N2O2. The number of carbonyl (C=O) groups is 1. The molecule has 0 bridgehead atoms. The summed E-state index contributed by atoms with van der Waals surface area (Å²) in [5.41, 5.74) is 6.86. The van der Waals surface area contributed by atoms with E-state index < -0.39 is 0 Å². The van der Waals surface area contributed by atoms with E-state index >= 15 is 0 Å². The Bertz CT molecular complexity index is 370. The van der Waals surface area contributed by atoms with Crippen molar-refractivity contribution in [3.63, 3.8) is 0 Å².